The molecule has 0 unspecified atom stereocenters. The Morgan fingerprint density at radius 3 is 2.56 bits per heavy atom. The Morgan fingerprint density at radius 1 is 1.38 bits per heavy atom. The topological polar surface area (TPSA) is 29.5 Å². The van der Waals surface area contributed by atoms with Gasteiger partial charge in [-0.3, -0.25) is 4.79 Å². The molecule has 0 aliphatic rings. The number of carbonyl (C=O) groups is 1. The normalized spacial score (nSPS) is 11.1. The highest BCUT2D eigenvalue weighted by Crippen LogP contribution is 2.20. The van der Waals surface area contributed by atoms with E-state index < -0.39 is 0 Å². The minimum Gasteiger partial charge on any atom is -0.497 e. The van der Waals surface area contributed by atoms with Crippen molar-refractivity contribution in [1.29, 1.82) is 0 Å². The number of benzene rings is 1. The van der Waals surface area contributed by atoms with E-state index >= 15 is 0 Å². The van der Waals surface area contributed by atoms with Crippen molar-refractivity contribution in [3.05, 3.63) is 36.0 Å². The predicted octanol–water partition coefficient (Wildman–Crippen LogP) is 2.19. The summed E-state index contributed by atoms with van der Waals surface area (Å²) in [6.07, 6.45) is 1.82. The van der Waals surface area contributed by atoms with Crippen molar-refractivity contribution in [3.63, 3.8) is 0 Å². The highest BCUT2D eigenvalue weighted by Gasteiger charge is 2.08. The van der Waals surface area contributed by atoms with Gasteiger partial charge in [-0.05, 0) is 24.6 Å². The first-order valence-electron chi connectivity index (χ1n) is 5.08. The molecule has 0 amide bonds. The second kappa shape index (κ2) is 5.35. The van der Waals surface area contributed by atoms with Gasteiger partial charge in [-0.2, -0.15) is 0 Å². The van der Waals surface area contributed by atoms with E-state index in [0.717, 1.165) is 11.3 Å². The molecule has 0 saturated carbocycles. The van der Waals surface area contributed by atoms with Gasteiger partial charge in [0.2, 0.25) is 0 Å². The molecule has 1 aromatic carbocycles. The summed E-state index contributed by atoms with van der Waals surface area (Å²) in [5.74, 6) is 0.797. The Bertz CT molecular complexity index is 408. The van der Waals surface area contributed by atoms with Crippen LogP contribution >= 0.6 is 0 Å². The molecule has 86 valence electrons. The Hall–Kier alpha value is -1.77. The summed E-state index contributed by atoms with van der Waals surface area (Å²) < 4.78 is 5.14. The molecule has 16 heavy (non-hydrogen) atoms. The molecule has 3 nitrogen and oxygen atoms in total. The molecular formula is C13H17NO2. The molecular weight excluding hydrogens is 202 g/mol. The third kappa shape index (κ3) is 3.12. The van der Waals surface area contributed by atoms with Gasteiger partial charge in [0, 0.05) is 25.9 Å². The number of allylic oxidation sites excluding steroid dienone is 1. The number of rotatable bonds is 4. The van der Waals surface area contributed by atoms with Crippen LogP contribution in [0.4, 0.5) is 0 Å². The van der Waals surface area contributed by atoms with Crippen molar-refractivity contribution in [2.75, 3.05) is 21.2 Å². The van der Waals surface area contributed by atoms with Crippen molar-refractivity contribution >= 4 is 11.4 Å². The van der Waals surface area contributed by atoms with Gasteiger partial charge in [0.25, 0.3) is 0 Å². The van der Waals surface area contributed by atoms with Gasteiger partial charge in [0.05, 0.1) is 7.11 Å². The van der Waals surface area contributed by atoms with Crippen molar-refractivity contribution in [1.82, 2.24) is 4.90 Å². The van der Waals surface area contributed by atoms with Crippen LogP contribution in [0.3, 0.4) is 0 Å². The maximum Gasteiger partial charge on any atom is 0.161 e. The number of nitrogens with zero attached hydrogens (tertiary/aromatic N) is 1. The number of hydrogen-bond donors (Lipinski definition) is 0. The Labute approximate surface area is 96.3 Å². The van der Waals surface area contributed by atoms with Gasteiger partial charge in [-0.1, -0.05) is 12.1 Å². The Balaban J connectivity index is 3.16. The fourth-order valence-electron chi connectivity index (χ4n) is 1.42. The highest BCUT2D eigenvalue weighted by molar-refractivity contribution is 6.19. The van der Waals surface area contributed by atoms with E-state index in [2.05, 4.69) is 0 Å². The van der Waals surface area contributed by atoms with E-state index in [-0.39, 0.29) is 5.78 Å². The third-order valence-electron chi connectivity index (χ3n) is 2.15. The molecule has 0 spiro atoms. The van der Waals surface area contributed by atoms with Crippen LogP contribution in [0.2, 0.25) is 0 Å². The summed E-state index contributed by atoms with van der Waals surface area (Å²) in [6, 6.07) is 7.49. The van der Waals surface area contributed by atoms with Gasteiger partial charge in [-0.15, -0.1) is 0 Å². The summed E-state index contributed by atoms with van der Waals surface area (Å²) in [5.41, 5.74) is 1.56. The zero-order valence-corrected chi connectivity index (χ0v) is 10.2. The first-order chi connectivity index (χ1) is 7.54. The van der Waals surface area contributed by atoms with Crippen molar-refractivity contribution in [3.8, 4) is 5.75 Å². The molecule has 0 bridgehead atoms. The van der Waals surface area contributed by atoms with Crippen LogP contribution < -0.4 is 4.74 Å². The molecule has 0 heterocycles. The summed E-state index contributed by atoms with van der Waals surface area (Å²) in [7, 11) is 5.40. The molecule has 3 heteroatoms. The van der Waals surface area contributed by atoms with Crippen LogP contribution in [0.5, 0.6) is 5.75 Å². The molecule has 1 aromatic rings. The van der Waals surface area contributed by atoms with Crippen LogP contribution in [-0.4, -0.2) is 31.9 Å². The van der Waals surface area contributed by atoms with Gasteiger partial charge < -0.3 is 9.64 Å². The van der Waals surface area contributed by atoms with Crippen LogP contribution in [0, 0.1) is 0 Å². The summed E-state index contributed by atoms with van der Waals surface area (Å²) in [5, 5.41) is 0. The van der Waals surface area contributed by atoms with Crippen LogP contribution in [0.25, 0.3) is 5.57 Å². The van der Waals surface area contributed by atoms with E-state index in [1.807, 2.05) is 49.5 Å². The van der Waals surface area contributed by atoms with E-state index in [1.54, 1.807) is 14.0 Å². The Kier molecular flexibility index (Phi) is 4.11. The predicted molar refractivity (Wildman–Crippen MR) is 65.3 cm³/mol. The molecule has 0 radical (unpaired) electrons. The summed E-state index contributed by atoms with van der Waals surface area (Å²) in [6.45, 7) is 1.56. The number of Topliss-reactive ketones (excluding diaryl/α,β-unsaturated/α-hetero) is 1. The van der Waals surface area contributed by atoms with Crippen LogP contribution in [-0.2, 0) is 4.79 Å². The maximum atomic E-state index is 11.5. The zero-order chi connectivity index (χ0) is 12.1. The first-order valence-corrected chi connectivity index (χ1v) is 5.08. The standard InChI is InChI=1S/C13H17NO2/c1-10(15)13(9-14(2)3)11-6-5-7-12(8-11)16-4/h5-9H,1-4H3. The fourth-order valence-corrected chi connectivity index (χ4v) is 1.42. The maximum absolute atomic E-state index is 11.5. The lowest BCUT2D eigenvalue weighted by Crippen LogP contribution is -2.06. The molecule has 0 N–H and O–H groups in total. The molecule has 1 rings (SSSR count). The number of carbonyl (C=O) groups excluding carboxylic acids is 1. The molecule has 0 aliphatic carbocycles. The van der Waals surface area contributed by atoms with Crippen LogP contribution in [0.1, 0.15) is 12.5 Å². The van der Waals surface area contributed by atoms with Crippen LogP contribution in [0.15, 0.2) is 30.5 Å². The van der Waals surface area contributed by atoms with Gasteiger partial charge in [-0.25, -0.2) is 0 Å². The second-order valence-electron chi connectivity index (χ2n) is 3.79. The smallest absolute Gasteiger partial charge is 0.161 e. The lowest BCUT2D eigenvalue weighted by Gasteiger charge is -2.10. The number of hydrogen-bond acceptors (Lipinski definition) is 3. The number of ketones is 1. The largest absolute Gasteiger partial charge is 0.497 e. The van der Waals surface area contributed by atoms with E-state index in [1.165, 1.54) is 0 Å². The Morgan fingerprint density at radius 2 is 2.06 bits per heavy atom. The van der Waals surface area contributed by atoms with Crippen molar-refractivity contribution < 1.29 is 9.53 Å². The third-order valence-corrected chi connectivity index (χ3v) is 2.15. The molecule has 0 fully saturated rings. The highest BCUT2D eigenvalue weighted by atomic mass is 16.5. The van der Waals surface area contributed by atoms with E-state index in [9.17, 15) is 4.79 Å². The molecule has 0 atom stereocenters. The quantitative estimate of drug-likeness (QED) is 0.727. The second-order valence-corrected chi connectivity index (χ2v) is 3.79. The van der Waals surface area contributed by atoms with Crippen molar-refractivity contribution in [2.24, 2.45) is 0 Å². The van der Waals surface area contributed by atoms with E-state index in [0.29, 0.717) is 5.57 Å². The molecule has 0 aliphatic heterocycles. The fraction of sp³-hybridized carbons (Fsp3) is 0.308. The lowest BCUT2D eigenvalue weighted by atomic mass is 10.0. The SMILES string of the molecule is COc1cccc(C(=CN(C)C)C(C)=O)c1. The minimum absolute atomic E-state index is 0.0435. The van der Waals surface area contributed by atoms with Crippen molar-refractivity contribution in [2.45, 2.75) is 6.92 Å². The average Bonchev–Trinajstić information content (AvgIpc) is 2.25. The number of ether oxygens (including phenoxy) is 1. The number of methoxy groups -OCH3 is 1. The zero-order valence-electron chi connectivity index (χ0n) is 10.2. The first kappa shape index (κ1) is 12.3. The summed E-state index contributed by atoms with van der Waals surface area (Å²) >= 11 is 0. The average molecular weight is 219 g/mol. The minimum atomic E-state index is 0.0435. The van der Waals surface area contributed by atoms with Gasteiger partial charge in [0.15, 0.2) is 5.78 Å². The van der Waals surface area contributed by atoms with Gasteiger partial charge >= 0.3 is 0 Å². The lowest BCUT2D eigenvalue weighted by molar-refractivity contribution is -0.111. The van der Waals surface area contributed by atoms with Gasteiger partial charge in [0.1, 0.15) is 5.75 Å². The molecule has 0 aromatic heterocycles. The summed E-state index contributed by atoms with van der Waals surface area (Å²) in [4.78, 5) is 13.4. The molecule has 0 saturated heterocycles. The van der Waals surface area contributed by atoms with E-state index in [4.69, 9.17) is 4.74 Å². The monoisotopic (exact) mass is 219 g/mol.